The number of ether oxygens (including phenoxy) is 1. The second kappa shape index (κ2) is 8.10. The predicted molar refractivity (Wildman–Crippen MR) is 118 cm³/mol. The topological polar surface area (TPSA) is 83.4 Å². The summed E-state index contributed by atoms with van der Waals surface area (Å²) in [5, 5.41) is 0.739. The maximum atomic E-state index is 12.9. The third kappa shape index (κ3) is 3.94. The molecule has 7 nitrogen and oxygen atoms in total. The number of hydrogen-bond donors (Lipinski definition) is 0. The van der Waals surface area contributed by atoms with Crippen LogP contribution in [0.3, 0.4) is 0 Å². The van der Waals surface area contributed by atoms with Crippen LogP contribution in [0.4, 0.5) is 0 Å². The van der Waals surface area contributed by atoms with E-state index >= 15 is 0 Å². The van der Waals surface area contributed by atoms with Crippen LogP contribution in [0.2, 0.25) is 0 Å². The van der Waals surface area contributed by atoms with Gasteiger partial charge in [-0.25, -0.2) is 9.59 Å². The van der Waals surface area contributed by atoms with E-state index in [4.69, 9.17) is 9.15 Å². The van der Waals surface area contributed by atoms with Gasteiger partial charge in [-0.05, 0) is 24.1 Å². The second-order valence-electron chi connectivity index (χ2n) is 7.53. The molecular weight excluding hydrogens is 396 g/mol. The Labute approximate surface area is 177 Å². The molecule has 0 fully saturated rings. The minimum absolute atomic E-state index is 0.00734. The average molecular weight is 418 g/mol. The molecule has 2 aromatic heterocycles. The SMILES string of the molecule is Cc1ccc2c(COc3c(Cc4ccccc4)c(=O)n(C)c(=O)n3C)cc(=O)oc2c1. The van der Waals surface area contributed by atoms with Crippen molar-refractivity contribution < 1.29 is 9.15 Å². The van der Waals surface area contributed by atoms with E-state index < -0.39 is 16.9 Å². The summed E-state index contributed by atoms with van der Waals surface area (Å²) in [6.45, 7) is 1.92. The van der Waals surface area contributed by atoms with E-state index in [1.807, 2.05) is 49.4 Å². The summed E-state index contributed by atoms with van der Waals surface area (Å²) in [5.41, 5.74) is 1.97. The fourth-order valence-electron chi connectivity index (χ4n) is 3.63. The maximum absolute atomic E-state index is 12.9. The van der Waals surface area contributed by atoms with Crippen molar-refractivity contribution in [3.8, 4) is 5.88 Å². The Morgan fingerprint density at radius 3 is 2.42 bits per heavy atom. The molecule has 0 unspecified atom stereocenters. The summed E-state index contributed by atoms with van der Waals surface area (Å²) in [7, 11) is 3.01. The van der Waals surface area contributed by atoms with Crippen LogP contribution in [0.1, 0.15) is 22.3 Å². The summed E-state index contributed by atoms with van der Waals surface area (Å²) in [6.07, 6.45) is 0.313. The first-order valence-electron chi connectivity index (χ1n) is 9.84. The van der Waals surface area contributed by atoms with Gasteiger partial charge < -0.3 is 9.15 Å². The van der Waals surface area contributed by atoms with Gasteiger partial charge in [-0.2, -0.15) is 0 Å². The fraction of sp³-hybridized carbons (Fsp3) is 0.208. The number of aromatic nitrogens is 2. The number of hydrogen-bond acceptors (Lipinski definition) is 5. The molecular formula is C24H22N2O5. The van der Waals surface area contributed by atoms with E-state index in [2.05, 4.69) is 0 Å². The van der Waals surface area contributed by atoms with E-state index in [9.17, 15) is 14.4 Å². The molecule has 0 amide bonds. The third-order valence-electron chi connectivity index (χ3n) is 5.27. The molecule has 0 spiro atoms. The highest BCUT2D eigenvalue weighted by atomic mass is 16.5. The van der Waals surface area contributed by atoms with Gasteiger partial charge in [0.1, 0.15) is 12.2 Å². The first-order chi connectivity index (χ1) is 14.8. The molecule has 0 aliphatic heterocycles. The second-order valence-corrected chi connectivity index (χ2v) is 7.53. The zero-order valence-electron chi connectivity index (χ0n) is 17.5. The normalized spacial score (nSPS) is 11.1. The first kappa shape index (κ1) is 20.4. The molecule has 2 heterocycles. The van der Waals surface area contributed by atoms with Gasteiger partial charge in [-0.3, -0.25) is 13.9 Å². The summed E-state index contributed by atoms with van der Waals surface area (Å²) in [5.74, 6) is 0.186. The lowest BCUT2D eigenvalue weighted by molar-refractivity contribution is 0.273. The number of benzene rings is 2. The quantitative estimate of drug-likeness (QED) is 0.466. The van der Waals surface area contributed by atoms with Crippen LogP contribution in [0.5, 0.6) is 5.88 Å². The molecule has 0 saturated heterocycles. The van der Waals surface area contributed by atoms with Gasteiger partial charge in [0.25, 0.3) is 5.56 Å². The zero-order valence-corrected chi connectivity index (χ0v) is 17.5. The van der Waals surface area contributed by atoms with Crippen molar-refractivity contribution in [2.75, 3.05) is 0 Å². The maximum Gasteiger partial charge on any atom is 0.336 e. The van der Waals surface area contributed by atoms with Gasteiger partial charge >= 0.3 is 11.3 Å². The smallest absolute Gasteiger partial charge is 0.336 e. The van der Waals surface area contributed by atoms with Crippen molar-refractivity contribution in [1.82, 2.24) is 9.13 Å². The molecule has 0 radical (unpaired) electrons. The molecule has 0 atom stereocenters. The molecule has 2 aromatic carbocycles. The van der Waals surface area contributed by atoms with E-state index in [-0.39, 0.29) is 12.5 Å². The average Bonchev–Trinajstić information content (AvgIpc) is 2.76. The highest BCUT2D eigenvalue weighted by Gasteiger charge is 2.18. The van der Waals surface area contributed by atoms with Crippen molar-refractivity contribution in [2.45, 2.75) is 20.0 Å². The Bertz CT molecular complexity index is 1450. The predicted octanol–water partition coefficient (Wildman–Crippen LogP) is 2.67. The lowest BCUT2D eigenvalue weighted by atomic mass is 10.1. The van der Waals surface area contributed by atoms with Crippen LogP contribution in [0.25, 0.3) is 11.0 Å². The molecule has 4 rings (SSSR count). The summed E-state index contributed by atoms with van der Waals surface area (Å²) in [4.78, 5) is 37.4. The van der Waals surface area contributed by atoms with Gasteiger partial charge in [-0.15, -0.1) is 0 Å². The summed E-state index contributed by atoms with van der Waals surface area (Å²) >= 11 is 0. The zero-order chi connectivity index (χ0) is 22.1. The first-order valence-corrected chi connectivity index (χ1v) is 9.84. The van der Waals surface area contributed by atoms with Crippen LogP contribution < -0.4 is 21.6 Å². The van der Waals surface area contributed by atoms with Crippen LogP contribution in [-0.4, -0.2) is 9.13 Å². The Kier molecular flexibility index (Phi) is 5.33. The lowest BCUT2D eigenvalue weighted by Crippen LogP contribution is -2.39. The van der Waals surface area contributed by atoms with Gasteiger partial charge in [-0.1, -0.05) is 42.5 Å². The molecule has 0 saturated carbocycles. The van der Waals surface area contributed by atoms with Crippen molar-refractivity contribution in [3.63, 3.8) is 0 Å². The van der Waals surface area contributed by atoms with Crippen LogP contribution >= 0.6 is 0 Å². The van der Waals surface area contributed by atoms with Gasteiger partial charge in [0.2, 0.25) is 5.88 Å². The Hall–Kier alpha value is -3.87. The van der Waals surface area contributed by atoms with Gasteiger partial charge in [0, 0.05) is 37.5 Å². The highest BCUT2D eigenvalue weighted by molar-refractivity contribution is 5.80. The molecule has 31 heavy (non-hydrogen) atoms. The van der Waals surface area contributed by atoms with Crippen LogP contribution in [0, 0.1) is 6.92 Å². The van der Waals surface area contributed by atoms with Crippen LogP contribution in [-0.2, 0) is 27.1 Å². The number of fused-ring (bicyclic) bond motifs is 1. The van der Waals surface area contributed by atoms with E-state index in [0.29, 0.717) is 23.1 Å². The standard InChI is InChI=1S/C24H22N2O5/c1-15-9-10-18-17(13-21(27)31-20(18)11-15)14-30-23-19(12-16-7-5-4-6-8-16)22(28)25(2)24(29)26(23)3/h4-11,13H,12,14H2,1-3H3. The van der Waals surface area contributed by atoms with Crippen molar-refractivity contribution in [2.24, 2.45) is 14.1 Å². The third-order valence-corrected chi connectivity index (χ3v) is 5.27. The monoisotopic (exact) mass is 418 g/mol. The number of aryl methyl sites for hydroxylation is 1. The minimum Gasteiger partial charge on any atom is -0.473 e. The molecule has 0 bridgehead atoms. The highest BCUT2D eigenvalue weighted by Crippen LogP contribution is 2.22. The lowest BCUT2D eigenvalue weighted by Gasteiger charge is -2.16. The Morgan fingerprint density at radius 1 is 0.935 bits per heavy atom. The molecule has 158 valence electrons. The van der Waals surface area contributed by atoms with E-state index in [0.717, 1.165) is 21.1 Å². The molecule has 0 aliphatic carbocycles. The minimum atomic E-state index is -0.487. The Balaban J connectivity index is 1.79. The molecule has 4 aromatic rings. The van der Waals surface area contributed by atoms with E-state index in [1.54, 1.807) is 13.1 Å². The van der Waals surface area contributed by atoms with Crippen molar-refractivity contribution >= 4 is 11.0 Å². The Morgan fingerprint density at radius 2 is 1.68 bits per heavy atom. The molecule has 0 aliphatic rings. The number of nitrogens with zero attached hydrogens (tertiary/aromatic N) is 2. The van der Waals surface area contributed by atoms with Gasteiger partial charge in [0.15, 0.2) is 0 Å². The summed E-state index contributed by atoms with van der Waals surface area (Å²) < 4.78 is 13.7. The molecule has 0 N–H and O–H groups in total. The van der Waals surface area contributed by atoms with E-state index in [1.165, 1.54) is 17.7 Å². The number of rotatable bonds is 5. The summed E-state index contributed by atoms with van der Waals surface area (Å²) in [6, 6.07) is 16.4. The van der Waals surface area contributed by atoms with Crippen molar-refractivity contribution in [3.05, 3.63) is 108 Å². The molecule has 7 heteroatoms. The fourth-order valence-corrected chi connectivity index (χ4v) is 3.63. The largest absolute Gasteiger partial charge is 0.473 e. The van der Waals surface area contributed by atoms with Gasteiger partial charge in [0.05, 0.1) is 5.56 Å². The van der Waals surface area contributed by atoms with Crippen LogP contribution in [0.15, 0.2) is 73.4 Å². The van der Waals surface area contributed by atoms with Crippen molar-refractivity contribution in [1.29, 1.82) is 0 Å².